The van der Waals surface area contributed by atoms with Gasteiger partial charge in [-0.1, -0.05) is 24.3 Å². The van der Waals surface area contributed by atoms with E-state index in [0.29, 0.717) is 25.1 Å². The van der Waals surface area contributed by atoms with Crippen LogP contribution in [0.1, 0.15) is 22.8 Å². The average molecular weight is 278 g/mol. The molecule has 2 N–H and O–H groups in total. The zero-order chi connectivity index (χ0) is 14.8. The summed E-state index contributed by atoms with van der Waals surface area (Å²) in [6, 6.07) is 7.12. The molecule has 0 spiro atoms. The molecule has 0 aliphatic heterocycles. The van der Waals surface area contributed by atoms with E-state index in [0.717, 1.165) is 18.7 Å². The summed E-state index contributed by atoms with van der Waals surface area (Å²) >= 11 is 0. The van der Waals surface area contributed by atoms with Crippen LogP contribution in [0.2, 0.25) is 0 Å². The number of rotatable bonds is 9. The summed E-state index contributed by atoms with van der Waals surface area (Å²) in [5.41, 5.74) is 1.57. The van der Waals surface area contributed by atoms with Crippen LogP contribution < -0.4 is 10.6 Å². The molecule has 0 radical (unpaired) electrons. The molecule has 0 heterocycles. The number of benzene rings is 1. The molecular formula is C15H22N2O3. The lowest BCUT2D eigenvalue weighted by Crippen LogP contribution is -2.33. The van der Waals surface area contributed by atoms with Crippen molar-refractivity contribution in [2.24, 2.45) is 0 Å². The maximum atomic E-state index is 11.7. The maximum Gasteiger partial charge on any atom is 0.224 e. The lowest BCUT2D eigenvalue weighted by atomic mass is 10.1. The Kier molecular flexibility index (Phi) is 7.54. The van der Waals surface area contributed by atoms with E-state index in [9.17, 15) is 9.59 Å². The number of ether oxygens (including phenoxy) is 1. The Morgan fingerprint density at radius 1 is 1.10 bits per heavy atom. The zero-order valence-corrected chi connectivity index (χ0v) is 12.1. The second-order valence-corrected chi connectivity index (χ2v) is 4.52. The van der Waals surface area contributed by atoms with E-state index in [1.807, 2.05) is 12.1 Å². The van der Waals surface area contributed by atoms with Gasteiger partial charge in [0.25, 0.3) is 0 Å². The van der Waals surface area contributed by atoms with Crippen molar-refractivity contribution in [3.8, 4) is 0 Å². The van der Waals surface area contributed by atoms with Crippen LogP contribution in [-0.4, -0.2) is 45.0 Å². The number of Topliss-reactive ketones (excluding diaryl/α,β-unsaturated/α-hetero) is 1. The van der Waals surface area contributed by atoms with Crippen LogP contribution in [0.25, 0.3) is 0 Å². The molecule has 0 saturated carbocycles. The second-order valence-electron chi connectivity index (χ2n) is 4.52. The van der Waals surface area contributed by atoms with Gasteiger partial charge in [-0.15, -0.1) is 0 Å². The van der Waals surface area contributed by atoms with E-state index in [2.05, 4.69) is 10.6 Å². The third-order valence-electron chi connectivity index (χ3n) is 2.83. The first-order valence-corrected chi connectivity index (χ1v) is 6.69. The Bertz CT molecular complexity index is 429. The van der Waals surface area contributed by atoms with Crippen LogP contribution >= 0.6 is 0 Å². The number of ketones is 1. The fourth-order valence-electron chi connectivity index (χ4n) is 1.69. The number of methoxy groups -OCH3 is 1. The van der Waals surface area contributed by atoms with Crippen LogP contribution in [-0.2, 0) is 16.0 Å². The second kappa shape index (κ2) is 9.23. The van der Waals surface area contributed by atoms with Crippen molar-refractivity contribution in [1.29, 1.82) is 0 Å². The minimum atomic E-state index is -0.0193. The molecule has 1 rings (SSSR count). The summed E-state index contributed by atoms with van der Waals surface area (Å²) in [5, 5.41) is 5.98. The van der Waals surface area contributed by atoms with Gasteiger partial charge in [-0.3, -0.25) is 9.59 Å². The molecule has 0 fully saturated rings. The quantitative estimate of drug-likeness (QED) is 0.517. The standard InChI is InChI=1S/C15H22N2O3/c1-12(18)14-5-3-13(4-6-14)11-15(19)17-8-7-16-9-10-20-2/h3-6,16H,7-11H2,1-2H3,(H,17,19). The zero-order valence-electron chi connectivity index (χ0n) is 12.1. The van der Waals surface area contributed by atoms with Gasteiger partial charge in [0.15, 0.2) is 5.78 Å². The number of nitrogens with one attached hydrogen (secondary N) is 2. The fraction of sp³-hybridized carbons (Fsp3) is 0.467. The van der Waals surface area contributed by atoms with Crippen molar-refractivity contribution in [3.63, 3.8) is 0 Å². The third kappa shape index (κ3) is 6.45. The van der Waals surface area contributed by atoms with Gasteiger partial charge in [-0.25, -0.2) is 0 Å². The van der Waals surface area contributed by atoms with Crippen molar-refractivity contribution < 1.29 is 14.3 Å². The molecule has 5 heteroatoms. The average Bonchev–Trinajstić information content (AvgIpc) is 2.43. The Morgan fingerprint density at radius 3 is 2.40 bits per heavy atom. The molecule has 0 aliphatic rings. The van der Waals surface area contributed by atoms with E-state index in [1.165, 1.54) is 6.92 Å². The topological polar surface area (TPSA) is 67.4 Å². The first kappa shape index (κ1) is 16.3. The lowest BCUT2D eigenvalue weighted by molar-refractivity contribution is -0.120. The largest absolute Gasteiger partial charge is 0.383 e. The summed E-state index contributed by atoms with van der Waals surface area (Å²) in [4.78, 5) is 22.8. The van der Waals surface area contributed by atoms with Gasteiger partial charge in [0, 0.05) is 32.3 Å². The van der Waals surface area contributed by atoms with Crippen molar-refractivity contribution in [1.82, 2.24) is 10.6 Å². The molecule has 0 aliphatic carbocycles. The van der Waals surface area contributed by atoms with Gasteiger partial charge in [-0.2, -0.15) is 0 Å². The number of hydrogen-bond donors (Lipinski definition) is 2. The summed E-state index contributed by atoms with van der Waals surface area (Å²) in [6.45, 7) is 4.28. The Morgan fingerprint density at radius 2 is 1.80 bits per heavy atom. The first-order chi connectivity index (χ1) is 9.63. The summed E-state index contributed by atoms with van der Waals surface area (Å²) in [7, 11) is 1.65. The smallest absolute Gasteiger partial charge is 0.224 e. The van der Waals surface area contributed by atoms with Gasteiger partial charge in [0.2, 0.25) is 5.91 Å². The van der Waals surface area contributed by atoms with Crippen LogP contribution in [0.15, 0.2) is 24.3 Å². The van der Waals surface area contributed by atoms with E-state index >= 15 is 0 Å². The van der Waals surface area contributed by atoms with Crippen molar-refractivity contribution >= 4 is 11.7 Å². The highest BCUT2D eigenvalue weighted by molar-refractivity contribution is 5.94. The summed E-state index contributed by atoms with van der Waals surface area (Å²) < 4.78 is 4.90. The molecule has 1 aromatic rings. The molecule has 0 saturated heterocycles. The first-order valence-electron chi connectivity index (χ1n) is 6.69. The maximum absolute atomic E-state index is 11.7. The molecule has 1 aromatic carbocycles. The number of carbonyl (C=O) groups excluding carboxylic acids is 2. The Balaban J connectivity index is 2.23. The minimum absolute atomic E-state index is 0.0193. The predicted molar refractivity (Wildman–Crippen MR) is 77.9 cm³/mol. The predicted octanol–water partition coefficient (Wildman–Crippen LogP) is 0.784. The van der Waals surface area contributed by atoms with Gasteiger partial charge < -0.3 is 15.4 Å². The van der Waals surface area contributed by atoms with Gasteiger partial charge in [0.1, 0.15) is 0 Å². The highest BCUT2D eigenvalue weighted by Crippen LogP contribution is 2.05. The molecule has 0 aromatic heterocycles. The highest BCUT2D eigenvalue weighted by atomic mass is 16.5. The van der Waals surface area contributed by atoms with E-state index in [4.69, 9.17) is 4.74 Å². The molecule has 0 unspecified atom stereocenters. The van der Waals surface area contributed by atoms with Gasteiger partial charge >= 0.3 is 0 Å². The summed E-state index contributed by atoms with van der Waals surface area (Å²) in [6.07, 6.45) is 0.330. The van der Waals surface area contributed by atoms with E-state index in [1.54, 1.807) is 19.2 Å². The highest BCUT2D eigenvalue weighted by Gasteiger charge is 2.04. The summed E-state index contributed by atoms with van der Waals surface area (Å²) in [5.74, 6) is 0.0113. The number of hydrogen-bond acceptors (Lipinski definition) is 4. The lowest BCUT2D eigenvalue weighted by Gasteiger charge is -2.07. The van der Waals surface area contributed by atoms with Crippen LogP contribution in [0, 0.1) is 0 Å². The molecule has 1 amide bonds. The van der Waals surface area contributed by atoms with Crippen LogP contribution in [0.3, 0.4) is 0 Å². The number of carbonyl (C=O) groups is 2. The van der Waals surface area contributed by atoms with Gasteiger partial charge in [0.05, 0.1) is 13.0 Å². The monoisotopic (exact) mass is 278 g/mol. The fourth-order valence-corrected chi connectivity index (χ4v) is 1.69. The Labute approximate surface area is 119 Å². The van der Waals surface area contributed by atoms with Crippen LogP contribution in [0.5, 0.6) is 0 Å². The molecule has 5 nitrogen and oxygen atoms in total. The van der Waals surface area contributed by atoms with Crippen LogP contribution in [0.4, 0.5) is 0 Å². The molecule has 20 heavy (non-hydrogen) atoms. The third-order valence-corrected chi connectivity index (χ3v) is 2.83. The normalized spacial score (nSPS) is 10.3. The van der Waals surface area contributed by atoms with Crippen molar-refractivity contribution in [3.05, 3.63) is 35.4 Å². The number of amides is 1. The Hall–Kier alpha value is -1.72. The molecular weight excluding hydrogens is 256 g/mol. The molecule has 110 valence electrons. The molecule has 0 bridgehead atoms. The SMILES string of the molecule is COCCNCCNC(=O)Cc1ccc(C(C)=O)cc1. The van der Waals surface area contributed by atoms with Crippen molar-refractivity contribution in [2.45, 2.75) is 13.3 Å². The van der Waals surface area contributed by atoms with Crippen molar-refractivity contribution in [2.75, 3.05) is 33.4 Å². The molecule has 0 atom stereocenters. The van der Waals surface area contributed by atoms with E-state index in [-0.39, 0.29) is 11.7 Å². The minimum Gasteiger partial charge on any atom is -0.383 e. The van der Waals surface area contributed by atoms with E-state index < -0.39 is 0 Å². The van der Waals surface area contributed by atoms with Gasteiger partial charge in [-0.05, 0) is 12.5 Å².